The molecule has 0 radical (unpaired) electrons. The summed E-state index contributed by atoms with van der Waals surface area (Å²) in [6.07, 6.45) is 2.06. The third-order valence-electron chi connectivity index (χ3n) is 4.58. The number of fused-ring (bicyclic) bond motifs is 2. The lowest BCUT2D eigenvalue weighted by molar-refractivity contribution is 0.0646. The molecule has 4 heterocycles. The van der Waals surface area contributed by atoms with Crippen LogP contribution in [0.25, 0.3) is 11.1 Å². The van der Waals surface area contributed by atoms with Crippen LogP contribution in [0.4, 0.5) is 0 Å². The summed E-state index contributed by atoms with van der Waals surface area (Å²) < 4.78 is 7.44. The van der Waals surface area contributed by atoms with Gasteiger partial charge in [-0.25, -0.2) is 4.98 Å². The van der Waals surface area contributed by atoms with Crippen LogP contribution in [-0.2, 0) is 6.54 Å². The van der Waals surface area contributed by atoms with Crippen molar-refractivity contribution < 1.29 is 9.32 Å². The third-order valence-corrected chi connectivity index (χ3v) is 4.58. The van der Waals surface area contributed by atoms with Crippen LogP contribution in [0, 0.1) is 13.8 Å². The van der Waals surface area contributed by atoms with E-state index in [0.717, 1.165) is 17.9 Å². The minimum absolute atomic E-state index is 0.00625. The monoisotopic (exact) mass is 310 g/mol. The molecule has 1 atom stereocenters. The first kappa shape index (κ1) is 14.0. The van der Waals surface area contributed by atoms with E-state index in [2.05, 4.69) is 33.9 Å². The van der Waals surface area contributed by atoms with Crippen LogP contribution < -0.4 is 0 Å². The summed E-state index contributed by atoms with van der Waals surface area (Å²) in [4.78, 5) is 19.4. The van der Waals surface area contributed by atoms with Crippen molar-refractivity contribution in [1.29, 1.82) is 0 Å². The highest BCUT2D eigenvalue weighted by Crippen LogP contribution is 2.29. The van der Waals surface area contributed by atoms with E-state index in [0.29, 0.717) is 28.9 Å². The van der Waals surface area contributed by atoms with Gasteiger partial charge >= 0.3 is 0 Å². The number of hydrogen-bond donors (Lipinski definition) is 0. The van der Waals surface area contributed by atoms with Crippen LogP contribution in [0.1, 0.15) is 40.4 Å². The van der Waals surface area contributed by atoms with Crippen molar-refractivity contribution in [2.24, 2.45) is 0 Å². The van der Waals surface area contributed by atoms with E-state index in [-0.39, 0.29) is 11.9 Å². The number of pyridine rings is 1. The fourth-order valence-corrected chi connectivity index (χ4v) is 3.40. The molecule has 3 aromatic rings. The summed E-state index contributed by atoms with van der Waals surface area (Å²) in [5.41, 5.74) is 3.67. The molecule has 0 aliphatic carbocycles. The molecular weight excluding hydrogens is 292 g/mol. The Balaban J connectivity index is 1.80. The van der Waals surface area contributed by atoms with Gasteiger partial charge in [0.15, 0.2) is 0 Å². The molecule has 1 aliphatic rings. The van der Waals surface area contributed by atoms with Gasteiger partial charge in [0.25, 0.3) is 11.6 Å². The maximum absolute atomic E-state index is 13.2. The highest BCUT2D eigenvalue weighted by molar-refractivity contribution is 6.06. The molecule has 0 saturated carbocycles. The maximum atomic E-state index is 13.2. The molecule has 0 fully saturated rings. The maximum Gasteiger partial charge on any atom is 0.258 e. The predicted octanol–water partition coefficient (Wildman–Crippen LogP) is 2.86. The van der Waals surface area contributed by atoms with Gasteiger partial charge in [-0.3, -0.25) is 4.79 Å². The van der Waals surface area contributed by atoms with Crippen LogP contribution >= 0.6 is 0 Å². The van der Waals surface area contributed by atoms with Crippen molar-refractivity contribution in [3.8, 4) is 0 Å². The van der Waals surface area contributed by atoms with Crippen molar-refractivity contribution in [2.45, 2.75) is 33.4 Å². The van der Waals surface area contributed by atoms with Crippen molar-refractivity contribution >= 4 is 17.0 Å². The number of aromatic nitrogens is 3. The zero-order chi connectivity index (χ0) is 16.1. The molecule has 0 saturated heterocycles. The minimum Gasteiger partial charge on any atom is -0.348 e. The largest absolute Gasteiger partial charge is 0.348 e. The molecule has 1 unspecified atom stereocenters. The second-order valence-electron chi connectivity index (χ2n) is 6.06. The van der Waals surface area contributed by atoms with Crippen LogP contribution in [0.15, 0.2) is 28.9 Å². The Morgan fingerprint density at radius 2 is 2.17 bits per heavy atom. The third kappa shape index (κ3) is 2.05. The summed E-state index contributed by atoms with van der Waals surface area (Å²) in [7, 11) is 0. The number of nitrogens with zero attached hydrogens (tertiary/aromatic N) is 4. The molecular formula is C17H18N4O2. The molecule has 1 aliphatic heterocycles. The fraction of sp³-hybridized carbons (Fsp3) is 0.353. The molecule has 118 valence electrons. The quantitative estimate of drug-likeness (QED) is 0.693. The van der Waals surface area contributed by atoms with Crippen LogP contribution in [-0.4, -0.2) is 32.1 Å². The summed E-state index contributed by atoms with van der Waals surface area (Å²) >= 11 is 0. The molecule has 23 heavy (non-hydrogen) atoms. The highest BCUT2D eigenvalue weighted by Gasteiger charge is 2.30. The summed E-state index contributed by atoms with van der Waals surface area (Å²) in [5, 5.41) is 4.68. The minimum atomic E-state index is 0.00625. The van der Waals surface area contributed by atoms with Gasteiger partial charge in [0.2, 0.25) is 0 Å². The Labute approximate surface area is 133 Å². The smallest absolute Gasteiger partial charge is 0.258 e. The number of carbonyl (C=O) groups excluding carboxylic acids is 1. The highest BCUT2D eigenvalue weighted by atomic mass is 16.5. The van der Waals surface area contributed by atoms with E-state index >= 15 is 0 Å². The van der Waals surface area contributed by atoms with Gasteiger partial charge in [-0.05, 0) is 39.0 Å². The topological polar surface area (TPSA) is 64.2 Å². The van der Waals surface area contributed by atoms with Crippen LogP contribution in [0.5, 0.6) is 0 Å². The lowest BCUT2D eigenvalue weighted by atomic mass is 10.1. The van der Waals surface area contributed by atoms with E-state index < -0.39 is 0 Å². The molecule has 6 heteroatoms. The average Bonchev–Trinajstić information content (AvgIpc) is 3.14. The van der Waals surface area contributed by atoms with Crippen molar-refractivity contribution in [1.82, 2.24) is 19.6 Å². The van der Waals surface area contributed by atoms with Crippen LogP contribution in [0.3, 0.4) is 0 Å². The Kier molecular flexibility index (Phi) is 3.01. The first-order chi connectivity index (χ1) is 11.1. The molecule has 0 spiro atoms. The predicted molar refractivity (Wildman–Crippen MR) is 85.2 cm³/mol. The summed E-state index contributed by atoms with van der Waals surface area (Å²) in [6, 6.07) is 5.96. The number of rotatable bonds is 1. The van der Waals surface area contributed by atoms with Gasteiger partial charge in [-0.1, -0.05) is 5.16 Å². The van der Waals surface area contributed by atoms with Crippen molar-refractivity contribution in [3.05, 3.63) is 47.0 Å². The van der Waals surface area contributed by atoms with E-state index in [9.17, 15) is 4.79 Å². The summed E-state index contributed by atoms with van der Waals surface area (Å²) in [6.45, 7) is 7.26. The van der Waals surface area contributed by atoms with Crippen molar-refractivity contribution in [2.75, 3.05) is 6.54 Å². The van der Waals surface area contributed by atoms with Gasteiger partial charge < -0.3 is 14.0 Å². The Bertz CT molecular complexity index is 909. The molecule has 3 aromatic heterocycles. The molecule has 4 rings (SSSR count). The summed E-state index contributed by atoms with van der Waals surface area (Å²) in [5.74, 6) is 0.00625. The Morgan fingerprint density at radius 3 is 3.00 bits per heavy atom. The normalized spacial score (nSPS) is 17.5. The molecule has 0 bridgehead atoms. The van der Waals surface area contributed by atoms with Gasteiger partial charge in [0, 0.05) is 30.7 Å². The standard InChI is InChI=1S/C17H18N4O2/c1-10-9-13(15-11(2)19-23-16(15)18-10)17(22)21-8-7-20-6-4-5-14(20)12(21)3/h4-6,9,12H,7-8H2,1-3H3. The van der Waals surface area contributed by atoms with E-state index in [1.54, 1.807) is 0 Å². The zero-order valence-electron chi connectivity index (χ0n) is 13.4. The molecule has 0 aromatic carbocycles. The van der Waals surface area contributed by atoms with Gasteiger partial charge in [0.1, 0.15) is 0 Å². The van der Waals surface area contributed by atoms with E-state index in [1.165, 1.54) is 0 Å². The Hall–Kier alpha value is -2.63. The Morgan fingerprint density at radius 1 is 1.35 bits per heavy atom. The second kappa shape index (κ2) is 4.94. The molecule has 6 nitrogen and oxygen atoms in total. The van der Waals surface area contributed by atoms with E-state index in [4.69, 9.17) is 4.52 Å². The van der Waals surface area contributed by atoms with Crippen molar-refractivity contribution in [3.63, 3.8) is 0 Å². The number of aryl methyl sites for hydroxylation is 2. The van der Waals surface area contributed by atoms with E-state index in [1.807, 2.05) is 30.9 Å². The average molecular weight is 310 g/mol. The zero-order valence-corrected chi connectivity index (χ0v) is 13.4. The SMILES string of the molecule is Cc1cc(C(=O)N2CCn3cccc3C2C)c2c(C)noc2n1. The second-order valence-corrected chi connectivity index (χ2v) is 6.06. The molecule has 1 amide bonds. The number of hydrogen-bond acceptors (Lipinski definition) is 4. The first-order valence-electron chi connectivity index (χ1n) is 7.76. The number of carbonyl (C=O) groups is 1. The fourth-order valence-electron chi connectivity index (χ4n) is 3.40. The van der Waals surface area contributed by atoms with Gasteiger partial charge in [-0.15, -0.1) is 0 Å². The number of amides is 1. The lowest BCUT2D eigenvalue weighted by Crippen LogP contribution is -2.40. The van der Waals surface area contributed by atoms with Gasteiger partial charge in [0.05, 0.1) is 22.7 Å². The lowest BCUT2D eigenvalue weighted by Gasteiger charge is -2.35. The first-order valence-corrected chi connectivity index (χ1v) is 7.76. The van der Waals surface area contributed by atoms with Gasteiger partial charge in [-0.2, -0.15) is 0 Å². The van der Waals surface area contributed by atoms with Crippen LogP contribution in [0.2, 0.25) is 0 Å². The molecule has 0 N–H and O–H groups in total.